The second kappa shape index (κ2) is 12.9. The average Bonchev–Trinajstić information content (AvgIpc) is 2.65. The van der Waals surface area contributed by atoms with E-state index in [-0.39, 0.29) is 29.9 Å². The van der Waals surface area contributed by atoms with Crippen LogP contribution in [-0.4, -0.2) is 79.5 Å². The Morgan fingerprint density at radius 2 is 2.04 bits per heavy atom. The van der Waals surface area contributed by atoms with Gasteiger partial charge in [0, 0.05) is 58.2 Å². The highest BCUT2D eigenvalue weighted by Crippen LogP contribution is 2.10. The monoisotopic (exact) mass is 502 g/mol. The Hall–Kier alpha value is -1.42. The SMILES string of the molecule is CCNC(=NCCc1ccc(C)nc1)NC1CCN(CC(=O)N(C)C)CC1.I. The summed E-state index contributed by atoms with van der Waals surface area (Å²) in [4.78, 5) is 24.8. The number of aliphatic imine (C=N–C) groups is 1. The van der Waals surface area contributed by atoms with Gasteiger partial charge in [-0.2, -0.15) is 0 Å². The van der Waals surface area contributed by atoms with Crippen LogP contribution in [0.4, 0.5) is 0 Å². The fraction of sp³-hybridized carbons (Fsp3) is 0.650. The predicted octanol–water partition coefficient (Wildman–Crippen LogP) is 1.66. The van der Waals surface area contributed by atoms with E-state index in [0.29, 0.717) is 12.6 Å². The minimum Gasteiger partial charge on any atom is -0.357 e. The number of likely N-dealkylation sites (N-methyl/N-ethyl adjacent to an activating group) is 1. The van der Waals surface area contributed by atoms with Crippen LogP contribution >= 0.6 is 24.0 Å². The highest BCUT2D eigenvalue weighted by Gasteiger charge is 2.21. The summed E-state index contributed by atoms with van der Waals surface area (Å²) in [6.07, 6.45) is 4.85. The van der Waals surface area contributed by atoms with Crippen molar-refractivity contribution in [1.29, 1.82) is 0 Å². The quantitative estimate of drug-likeness (QED) is 0.337. The Kier molecular flexibility index (Phi) is 11.4. The van der Waals surface area contributed by atoms with Crippen LogP contribution in [0.25, 0.3) is 0 Å². The van der Waals surface area contributed by atoms with E-state index in [2.05, 4.69) is 33.5 Å². The van der Waals surface area contributed by atoms with Crippen LogP contribution in [0.5, 0.6) is 0 Å². The van der Waals surface area contributed by atoms with Crippen LogP contribution in [0.1, 0.15) is 31.0 Å². The molecule has 0 spiro atoms. The maximum atomic E-state index is 11.8. The molecular weight excluding hydrogens is 467 g/mol. The van der Waals surface area contributed by atoms with Crippen LogP contribution in [0.3, 0.4) is 0 Å². The highest BCUT2D eigenvalue weighted by atomic mass is 127. The molecule has 0 aliphatic carbocycles. The molecule has 158 valence electrons. The Bertz CT molecular complexity index is 612. The smallest absolute Gasteiger partial charge is 0.236 e. The maximum Gasteiger partial charge on any atom is 0.236 e. The number of halogens is 1. The van der Waals surface area contributed by atoms with Gasteiger partial charge in [0.05, 0.1) is 6.54 Å². The molecule has 2 heterocycles. The summed E-state index contributed by atoms with van der Waals surface area (Å²) in [5.74, 6) is 1.04. The number of likely N-dealkylation sites (tertiary alicyclic amines) is 1. The summed E-state index contributed by atoms with van der Waals surface area (Å²) in [5, 5.41) is 6.88. The Labute approximate surface area is 186 Å². The van der Waals surface area contributed by atoms with Gasteiger partial charge in [-0.25, -0.2) is 0 Å². The first-order valence-electron chi connectivity index (χ1n) is 9.86. The first kappa shape index (κ1) is 24.6. The summed E-state index contributed by atoms with van der Waals surface area (Å²) in [6, 6.07) is 4.55. The molecule has 1 amide bonds. The van der Waals surface area contributed by atoms with Gasteiger partial charge in [-0.1, -0.05) is 6.07 Å². The molecule has 1 aromatic rings. The van der Waals surface area contributed by atoms with E-state index >= 15 is 0 Å². The first-order chi connectivity index (χ1) is 13.0. The average molecular weight is 502 g/mol. The van der Waals surface area contributed by atoms with Gasteiger partial charge in [0.15, 0.2) is 5.96 Å². The van der Waals surface area contributed by atoms with Gasteiger partial charge in [-0.05, 0) is 44.7 Å². The molecule has 0 saturated carbocycles. The number of pyridine rings is 1. The zero-order valence-corrected chi connectivity index (χ0v) is 19.9. The van der Waals surface area contributed by atoms with Gasteiger partial charge < -0.3 is 15.5 Å². The lowest BCUT2D eigenvalue weighted by Crippen LogP contribution is -2.50. The van der Waals surface area contributed by atoms with E-state index in [9.17, 15) is 4.79 Å². The van der Waals surface area contributed by atoms with Crippen molar-refractivity contribution in [2.24, 2.45) is 4.99 Å². The van der Waals surface area contributed by atoms with E-state index in [4.69, 9.17) is 4.99 Å². The number of carbonyl (C=O) groups excluding carboxylic acids is 1. The topological polar surface area (TPSA) is 72.9 Å². The molecule has 1 saturated heterocycles. The number of nitrogens with zero attached hydrogens (tertiary/aromatic N) is 4. The fourth-order valence-electron chi connectivity index (χ4n) is 3.02. The number of carbonyl (C=O) groups is 1. The molecule has 0 unspecified atom stereocenters. The molecule has 0 atom stereocenters. The zero-order valence-electron chi connectivity index (χ0n) is 17.6. The first-order valence-corrected chi connectivity index (χ1v) is 9.86. The van der Waals surface area contributed by atoms with Crippen molar-refractivity contribution in [2.45, 2.75) is 39.2 Å². The molecule has 1 aromatic heterocycles. The van der Waals surface area contributed by atoms with Gasteiger partial charge in [0.25, 0.3) is 0 Å². The highest BCUT2D eigenvalue weighted by molar-refractivity contribution is 14.0. The summed E-state index contributed by atoms with van der Waals surface area (Å²) in [7, 11) is 3.62. The fourth-order valence-corrected chi connectivity index (χ4v) is 3.02. The number of nitrogens with one attached hydrogen (secondary N) is 2. The lowest BCUT2D eigenvalue weighted by molar-refractivity contribution is -0.130. The Morgan fingerprint density at radius 1 is 1.32 bits per heavy atom. The molecule has 28 heavy (non-hydrogen) atoms. The van der Waals surface area contributed by atoms with Gasteiger partial charge in [-0.15, -0.1) is 24.0 Å². The number of rotatable bonds is 7. The number of hydrogen-bond acceptors (Lipinski definition) is 4. The predicted molar refractivity (Wildman–Crippen MR) is 125 cm³/mol. The number of aromatic nitrogens is 1. The summed E-state index contributed by atoms with van der Waals surface area (Å²) < 4.78 is 0. The van der Waals surface area contributed by atoms with Crippen molar-refractivity contribution in [3.63, 3.8) is 0 Å². The molecule has 0 radical (unpaired) electrons. The van der Waals surface area contributed by atoms with Gasteiger partial charge in [0.2, 0.25) is 5.91 Å². The summed E-state index contributed by atoms with van der Waals surface area (Å²) in [6.45, 7) is 8.04. The van der Waals surface area contributed by atoms with Crippen molar-refractivity contribution < 1.29 is 4.79 Å². The third-order valence-corrected chi connectivity index (χ3v) is 4.77. The van der Waals surface area contributed by atoms with E-state index in [0.717, 1.165) is 57.1 Å². The number of piperidine rings is 1. The Morgan fingerprint density at radius 3 is 2.61 bits per heavy atom. The van der Waals surface area contributed by atoms with E-state index in [1.165, 1.54) is 5.56 Å². The van der Waals surface area contributed by atoms with Gasteiger partial charge in [-0.3, -0.25) is 19.7 Å². The lowest BCUT2D eigenvalue weighted by atomic mass is 10.1. The van der Waals surface area contributed by atoms with Gasteiger partial charge in [0.1, 0.15) is 0 Å². The third kappa shape index (κ3) is 8.72. The van der Waals surface area contributed by atoms with Crippen molar-refractivity contribution in [1.82, 2.24) is 25.4 Å². The standard InChI is InChI=1S/C20H34N6O.HI/c1-5-21-20(22-11-8-17-7-6-16(2)23-14-17)24-18-9-12-26(13-10-18)15-19(27)25(3)4;/h6-7,14,18H,5,8-13,15H2,1-4H3,(H2,21,22,24);1H. The lowest BCUT2D eigenvalue weighted by Gasteiger charge is -2.33. The molecule has 7 nitrogen and oxygen atoms in total. The van der Waals surface area contributed by atoms with Crippen LogP contribution in [0.15, 0.2) is 23.3 Å². The van der Waals surface area contributed by atoms with Crippen LogP contribution in [-0.2, 0) is 11.2 Å². The maximum absolute atomic E-state index is 11.8. The summed E-state index contributed by atoms with van der Waals surface area (Å²) >= 11 is 0. The molecule has 0 bridgehead atoms. The molecule has 2 rings (SSSR count). The third-order valence-electron chi connectivity index (χ3n) is 4.77. The Balaban J connectivity index is 0.00000392. The molecule has 0 aromatic carbocycles. The molecular formula is C20H35IN6O. The van der Waals surface area contributed by atoms with Crippen molar-refractivity contribution >= 4 is 35.8 Å². The second-order valence-electron chi connectivity index (χ2n) is 7.30. The van der Waals surface area contributed by atoms with E-state index < -0.39 is 0 Å². The number of amides is 1. The minimum atomic E-state index is 0. The number of guanidine groups is 1. The van der Waals surface area contributed by atoms with Crippen molar-refractivity contribution in [3.8, 4) is 0 Å². The molecule has 1 aliphatic rings. The summed E-state index contributed by atoms with van der Waals surface area (Å²) in [5.41, 5.74) is 2.25. The second-order valence-corrected chi connectivity index (χ2v) is 7.30. The molecule has 8 heteroatoms. The van der Waals surface area contributed by atoms with Crippen molar-refractivity contribution in [2.75, 3.05) is 46.8 Å². The van der Waals surface area contributed by atoms with Crippen LogP contribution in [0, 0.1) is 6.92 Å². The molecule has 2 N–H and O–H groups in total. The number of hydrogen-bond donors (Lipinski definition) is 2. The normalized spacial score (nSPS) is 15.6. The van der Waals surface area contributed by atoms with E-state index in [1.807, 2.05) is 33.3 Å². The van der Waals surface area contributed by atoms with E-state index in [1.54, 1.807) is 4.90 Å². The van der Waals surface area contributed by atoms with Crippen molar-refractivity contribution in [3.05, 3.63) is 29.6 Å². The minimum absolute atomic E-state index is 0. The number of aryl methyl sites for hydroxylation is 1. The van der Waals surface area contributed by atoms with Crippen LogP contribution < -0.4 is 10.6 Å². The largest absolute Gasteiger partial charge is 0.357 e. The zero-order chi connectivity index (χ0) is 19.6. The van der Waals surface area contributed by atoms with Gasteiger partial charge >= 0.3 is 0 Å². The molecule has 1 fully saturated rings. The van der Waals surface area contributed by atoms with Crippen LogP contribution in [0.2, 0.25) is 0 Å². The molecule has 1 aliphatic heterocycles.